The van der Waals surface area contributed by atoms with Crippen LogP contribution in [0.15, 0.2) is 18.2 Å². The molecule has 2 rings (SSSR count). The van der Waals surface area contributed by atoms with Crippen LogP contribution < -0.4 is 10.6 Å². The van der Waals surface area contributed by atoms with Gasteiger partial charge >= 0.3 is 0 Å². The van der Waals surface area contributed by atoms with Crippen LogP contribution in [0, 0.1) is 0 Å². The zero-order valence-corrected chi connectivity index (χ0v) is 9.98. The number of carbonyl (C=O) groups is 2. The summed E-state index contributed by atoms with van der Waals surface area (Å²) in [6.45, 7) is 0.758. The van der Waals surface area contributed by atoms with Crippen LogP contribution in [-0.2, 0) is 4.79 Å². The van der Waals surface area contributed by atoms with Crippen molar-refractivity contribution in [2.45, 2.75) is 18.9 Å². The van der Waals surface area contributed by atoms with Crippen molar-refractivity contribution < 1.29 is 9.59 Å². The summed E-state index contributed by atoms with van der Waals surface area (Å²) >= 11 is 6.11. The maximum Gasteiger partial charge on any atom is 0.240 e. The molecule has 1 aliphatic rings. The summed E-state index contributed by atoms with van der Waals surface area (Å²) in [5.74, 6) is -0.335. The van der Waals surface area contributed by atoms with Crippen LogP contribution in [0.5, 0.6) is 0 Å². The Morgan fingerprint density at radius 2 is 2.29 bits per heavy atom. The molecule has 5 heteroatoms. The number of benzene rings is 1. The topological polar surface area (TPSA) is 63.4 Å². The lowest BCUT2D eigenvalue weighted by molar-refractivity contribution is -0.119. The van der Waals surface area contributed by atoms with E-state index in [1.165, 1.54) is 0 Å². The number of hydrogen-bond acceptors (Lipinski definition) is 3. The van der Waals surface area contributed by atoms with Gasteiger partial charge in [0.05, 0.1) is 10.7 Å². The Morgan fingerprint density at radius 1 is 1.53 bits per heavy atom. The van der Waals surface area contributed by atoms with Crippen molar-refractivity contribution in [3.8, 4) is 0 Å². The van der Waals surface area contributed by atoms with Gasteiger partial charge in [0.2, 0.25) is 5.91 Å². The number of rotatable bonds is 3. The SMILES string of the molecule is NC(=O)C1CCCN1c1ccc(C=O)cc1Cl. The van der Waals surface area contributed by atoms with E-state index in [0.717, 1.165) is 31.4 Å². The lowest BCUT2D eigenvalue weighted by Crippen LogP contribution is -2.40. The van der Waals surface area contributed by atoms with Crippen molar-refractivity contribution in [1.29, 1.82) is 0 Å². The second-order valence-electron chi connectivity index (χ2n) is 4.08. The number of aldehydes is 1. The molecule has 90 valence electrons. The van der Waals surface area contributed by atoms with Gasteiger partial charge in [0.15, 0.2) is 0 Å². The Morgan fingerprint density at radius 3 is 2.88 bits per heavy atom. The van der Waals surface area contributed by atoms with E-state index in [-0.39, 0.29) is 11.9 Å². The smallest absolute Gasteiger partial charge is 0.240 e. The van der Waals surface area contributed by atoms with Gasteiger partial charge in [0.25, 0.3) is 0 Å². The molecule has 1 atom stereocenters. The molecule has 0 aromatic heterocycles. The molecule has 0 spiro atoms. The zero-order chi connectivity index (χ0) is 12.4. The van der Waals surface area contributed by atoms with Gasteiger partial charge in [0, 0.05) is 12.1 Å². The second kappa shape index (κ2) is 4.75. The minimum absolute atomic E-state index is 0.297. The van der Waals surface area contributed by atoms with Crippen molar-refractivity contribution in [3.05, 3.63) is 28.8 Å². The van der Waals surface area contributed by atoms with Crippen LogP contribution in [0.2, 0.25) is 5.02 Å². The second-order valence-corrected chi connectivity index (χ2v) is 4.49. The highest BCUT2D eigenvalue weighted by atomic mass is 35.5. The van der Waals surface area contributed by atoms with Gasteiger partial charge in [-0.25, -0.2) is 0 Å². The number of hydrogen-bond donors (Lipinski definition) is 1. The molecule has 17 heavy (non-hydrogen) atoms. The average Bonchev–Trinajstić information content (AvgIpc) is 2.77. The molecule has 1 saturated heterocycles. The molecule has 4 nitrogen and oxygen atoms in total. The van der Waals surface area contributed by atoms with Crippen molar-refractivity contribution in [3.63, 3.8) is 0 Å². The molecule has 0 saturated carbocycles. The van der Waals surface area contributed by atoms with E-state index in [4.69, 9.17) is 17.3 Å². The maximum atomic E-state index is 11.3. The first-order valence-electron chi connectivity index (χ1n) is 5.44. The normalized spacial score (nSPS) is 19.4. The van der Waals surface area contributed by atoms with Gasteiger partial charge in [0.1, 0.15) is 12.3 Å². The van der Waals surface area contributed by atoms with Crippen molar-refractivity contribution in [2.24, 2.45) is 5.73 Å². The minimum atomic E-state index is -0.335. The maximum absolute atomic E-state index is 11.3. The van der Waals surface area contributed by atoms with Gasteiger partial charge in [-0.1, -0.05) is 11.6 Å². The third-order valence-corrected chi connectivity index (χ3v) is 3.30. The van der Waals surface area contributed by atoms with Crippen LogP contribution in [0.4, 0.5) is 5.69 Å². The molecule has 2 N–H and O–H groups in total. The Bertz CT molecular complexity index is 462. The number of amides is 1. The number of anilines is 1. The predicted octanol–water partition coefficient (Wildman–Crippen LogP) is 1.61. The minimum Gasteiger partial charge on any atom is -0.368 e. The van der Waals surface area contributed by atoms with E-state index in [1.807, 2.05) is 4.90 Å². The predicted molar refractivity (Wildman–Crippen MR) is 66.4 cm³/mol. The molecule has 0 bridgehead atoms. The Labute approximate surface area is 104 Å². The standard InChI is InChI=1S/C12H13ClN2O2/c13-9-6-8(7-16)3-4-10(9)15-5-1-2-11(15)12(14)17/h3-4,6-7,11H,1-2,5H2,(H2,14,17). The van der Waals surface area contributed by atoms with Crippen LogP contribution in [0.25, 0.3) is 0 Å². The van der Waals surface area contributed by atoms with E-state index in [2.05, 4.69) is 0 Å². The van der Waals surface area contributed by atoms with Crippen LogP contribution in [0.3, 0.4) is 0 Å². The number of carbonyl (C=O) groups excluding carboxylic acids is 2. The summed E-state index contributed by atoms with van der Waals surface area (Å²) in [6.07, 6.45) is 2.41. The molecule has 1 fully saturated rings. The van der Waals surface area contributed by atoms with Crippen molar-refractivity contribution in [1.82, 2.24) is 0 Å². The van der Waals surface area contributed by atoms with Gasteiger partial charge < -0.3 is 10.6 Å². The van der Waals surface area contributed by atoms with Crippen LogP contribution in [-0.4, -0.2) is 24.8 Å². The molecule has 1 aromatic rings. The molecule has 1 heterocycles. The van der Waals surface area contributed by atoms with E-state index in [0.29, 0.717) is 10.6 Å². The first kappa shape index (κ1) is 11.9. The quantitative estimate of drug-likeness (QED) is 0.832. The molecule has 1 aromatic carbocycles. The Balaban J connectivity index is 2.33. The molecule has 0 radical (unpaired) electrons. The van der Waals surface area contributed by atoms with Gasteiger partial charge in [-0.05, 0) is 31.0 Å². The van der Waals surface area contributed by atoms with Gasteiger partial charge in [-0.3, -0.25) is 9.59 Å². The Kier molecular flexibility index (Phi) is 3.33. The number of nitrogens with two attached hydrogens (primary N) is 1. The summed E-state index contributed by atoms with van der Waals surface area (Å²) in [5, 5.41) is 0.475. The van der Waals surface area contributed by atoms with Crippen LogP contribution >= 0.6 is 11.6 Å². The number of halogens is 1. The first-order valence-corrected chi connectivity index (χ1v) is 5.82. The highest BCUT2D eigenvalue weighted by Gasteiger charge is 2.30. The zero-order valence-electron chi connectivity index (χ0n) is 9.23. The van der Waals surface area contributed by atoms with Gasteiger partial charge in [-0.15, -0.1) is 0 Å². The monoisotopic (exact) mass is 252 g/mol. The first-order chi connectivity index (χ1) is 8.13. The Hall–Kier alpha value is -1.55. The lowest BCUT2D eigenvalue weighted by atomic mass is 10.1. The molecule has 1 amide bonds. The van der Waals surface area contributed by atoms with Crippen molar-refractivity contribution in [2.75, 3.05) is 11.4 Å². The summed E-state index contributed by atoms with van der Waals surface area (Å²) < 4.78 is 0. The van der Waals surface area contributed by atoms with Crippen LogP contribution in [0.1, 0.15) is 23.2 Å². The summed E-state index contributed by atoms with van der Waals surface area (Å²) in [5.41, 5.74) is 6.64. The van der Waals surface area contributed by atoms with E-state index < -0.39 is 0 Å². The largest absolute Gasteiger partial charge is 0.368 e. The van der Waals surface area contributed by atoms with E-state index in [9.17, 15) is 9.59 Å². The summed E-state index contributed by atoms with van der Waals surface area (Å²) in [6, 6.07) is 4.74. The van der Waals surface area contributed by atoms with Gasteiger partial charge in [-0.2, -0.15) is 0 Å². The number of nitrogens with zero attached hydrogens (tertiary/aromatic N) is 1. The molecular weight excluding hydrogens is 240 g/mol. The third-order valence-electron chi connectivity index (χ3n) is 3.00. The van der Waals surface area contributed by atoms with E-state index in [1.54, 1.807) is 18.2 Å². The van der Waals surface area contributed by atoms with E-state index >= 15 is 0 Å². The molecular formula is C12H13ClN2O2. The fraction of sp³-hybridized carbons (Fsp3) is 0.333. The highest BCUT2D eigenvalue weighted by Crippen LogP contribution is 2.32. The molecule has 1 aliphatic heterocycles. The van der Waals surface area contributed by atoms with Crippen molar-refractivity contribution >= 4 is 29.5 Å². The average molecular weight is 253 g/mol. The summed E-state index contributed by atoms with van der Waals surface area (Å²) in [4.78, 5) is 23.8. The molecule has 0 aliphatic carbocycles. The molecule has 1 unspecified atom stereocenters. The fourth-order valence-corrected chi connectivity index (χ4v) is 2.48. The lowest BCUT2D eigenvalue weighted by Gasteiger charge is -2.25. The number of primary amides is 1. The third kappa shape index (κ3) is 2.26. The summed E-state index contributed by atoms with van der Waals surface area (Å²) in [7, 11) is 0. The fourth-order valence-electron chi connectivity index (χ4n) is 2.18. The highest BCUT2D eigenvalue weighted by molar-refractivity contribution is 6.33.